The summed E-state index contributed by atoms with van der Waals surface area (Å²) in [7, 11) is -0.411. The molecule has 0 aliphatic rings. The van der Waals surface area contributed by atoms with Crippen LogP contribution in [0.25, 0.3) is 0 Å². The van der Waals surface area contributed by atoms with Gasteiger partial charge in [-0.1, -0.05) is 32.1 Å². The molecule has 1 N–H and O–H groups in total. The first-order valence-electron chi connectivity index (χ1n) is 4.72. The van der Waals surface area contributed by atoms with E-state index < -0.39 is 14.9 Å². The summed E-state index contributed by atoms with van der Waals surface area (Å²) in [6.07, 6.45) is 2.98. The van der Waals surface area contributed by atoms with Gasteiger partial charge in [0, 0.05) is 15.3 Å². The molecule has 0 atom stereocenters. The Kier molecular flexibility index (Phi) is 7.39. The number of rotatable bonds is 6. The maximum atomic E-state index is 10.7. The topological polar surface area (TPSA) is 38.3 Å². The molecule has 0 aliphatic carbocycles. The van der Waals surface area contributed by atoms with Crippen molar-refractivity contribution in [1.82, 2.24) is 5.32 Å². The molecule has 0 bridgehead atoms. The van der Waals surface area contributed by atoms with Gasteiger partial charge in [0.05, 0.1) is 6.26 Å². The van der Waals surface area contributed by atoms with E-state index in [-0.39, 0.29) is 0 Å². The zero-order valence-corrected chi connectivity index (χ0v) is 9.66. The normalized spacial score (nSPS) is 9.77. The van der Waals surface area contributed by atoms with Crippen LogP contribution in [0, 0.1) is 0 Å². The molecule has 0 aromatic rings. The Hall–Kier alpha value is -0.773. The maximum absolute atomic E-state index is 10.7. The largest absolute Gasteiger partial charge is 0.419 e. The molecule has 0 fully saturated rings. The molecule has 0 aliphatic heterocycles. The molecule has 0 spiro atoms. The average Bonchev–Trinajstić information content (AvgIpc) is 2.03. The highest BCUT2D eigenvalue weighted by Gasteiger charge is 1.98. The van der Waals surface area contributed by atoms with E-state index in [0.29, 0.717) is 6.54 Å². The van der Waals surface area contributed by atoms with Crippen LogP contribution in [-0.4, -0.2) is 21.4 Å². The molecular weight excluding hydrogens is 182 g/mol. The molecule has 0 heterocycles. The van der Waals surface area contributed by atoms with Gasteiger partial charge in [-0.3, -0.25) is 0 Å². The molecule has 0 saturated carbocycles. The lowest BCUT2D eigenvalue weighted by atomic mass is 10.3. The van der Waals surface area contributed by atoms with E-state index in [9.17, 15) is 4.79 Å². The van der Waals surface area contributed by atoms with Gasteiger partial charge in [0.1, 0.15) is 0 Å². The van der Waals surface area contributed by atoms with Crippen molar-refractivity contribution in [1.29, 1.82) is 0 Å². The third kappa shape index (κ3) is 9.14. The van der Waals surface area contributed by atoms with Gasteiger partial charge in [-0.25, -0.2) is 4.79 Å². The number of nitrogens with one attached hydrogen (secondary N) is 1. The minimum absolute atomic E-state index is 0.406. The standard InChI is InChI=1S/C9H19NO2Si/c1-4-12-9(11)10-7-5-6-8-13(2)3/h4,13H,1,5-8H2,2-3H3,(H,10,11). The number of hydrogen-bond donors (Lipinski definition) is 1. The molecule has 0 aromatic carbocycles. The lowest BCUT2D eigenvalue weighted by molar-refractivity contribution is 0.185. The van der Waals surface area contributed by atoms with Gasteiger partial charge in [-0.2, -0.15) is 0 Å². The van der Waals surface area contributed by atoms with Crippen LogP contribution in [-0.2, 0) is 4.74 Å². The smallest absolute Gasteiger partial charge is 0.411 e. The minimum atomic E-state index is -0.411. The van der Waals surface area contributed by atoms with Crippen molar-refractivity contribution in [3.63, 3.8) is 0 Å². The highest BCUT2D eigenvalue weighted by Crippen LogP contribution is 1.99. The van der Waals surface area contributed by atoms with Gasteiger partial charge in [-0.15, -0.1) is 0 Å². The van der Waals surface area contributed by atoms with E-state index in [0.717, 1.165) is 12.7 Å². The average molecular weight is 201 g/mol. The van der Waals surface area contributed by atoms with Gasteiger partial charge in [-0.05, 0) is 6.42 Å². The van der Waals surface area contributed by atoms with E-state index >= 15 is 0 Å². The van der Waals surface area contributed by atoms with Crippen molar-refractivity contribution in [3.05, 3.63) is 12.8 Å². The Morgan fingerprint density at radius 1 is 1.54 bits per heavy atom. The van der Waals surface area contributed by atoms with E-state index in [1.165, 1.54) is 12.5 Å². The first-order chi connectivity index (χ1) is 6.16. The van der Waals surface area contributed by atoms with Gasteiger partial charge in [0.2, 0.25) is 0 Å². The van der Waals surface area contributed by atoms with Crippen LogP contribution in [0.1, 0.15) is 12.8 Å². The second-order valence-corrected chi connectivity index (χ2v) is 6.75. The van der Waals surface area contributed by atoms with Crippen molar-refractivity contribution in [2.24, 2.45) is 0 Å². The summed E-state index contributed by atoms with van der Waals surface area (Å²) in [5.41, 5.74) is 0. The molecule has 13 heavy (non-hydrogen) atoms. The Bertz CT molecular complexity index is 160. The zero-order chi connectivity index (χ0) is 10.1. The van der Waals surface area contributed by atoms with Crippen molar-refractivity contribution < 1.29 is 9.53 Å². The van der Waals surface area contributed by atoms with Crippen molar-refractivity contribution in [3.8, 4) is 0 Å². The summed E-state index contributed by atoms with van der Waals surface area (Å²) in [5.74, 6) is 0. The lowest BCUT2D eigenvalue weighted by Gasteiger charge is -2.04. The molecule has 4 heteroatoms. The van der Waals surface area contributed by atoms with Crippen molar-refractivity contribution in [2.75, 3.05) is 6.54 Å². The van der Waals surface area contributed by atoms with E-state index in [1.54, 1.807) is 0 Å². The summed E-state index contributed by atoms with van der Waals surface area (Å²) >= 11 is 0. The highest BCUT2D eigenvalue weighted by atomic mass is 28.3. The van der Waals surface area contributed by atoms with E-state index in [4.69, 9.17) is 0 Å². The molecule has 0 unspecified atom stereocenters. The third-order valence-corrected chi connectivity index (χ3v) is 3.23. The number of alkyl carbamates (subject to hydrolysis) is 1. The van der Waals surface area contributed by atoms with Crippen molar-refractivity contribution in [2.45, 2.75) is 32.0 Å². The second-order valence-electron chi connectivity index (χ2n) is 3.39. The van der Waals surface area contributed by atoms with Crippen LogP contribution in [0.4, 0.5) is 4.79 Å². The predicted octanol–water partition coefficient (Wildman–Crippen LogP) is 2.12. The molecule has 3 nitrogen and oxygen atoms in total. The number of carbonyl (C=O) groups is 1. The number of ether oxygens (including phenoxy) is 1. The number of hydrogen-bond acceptors (Lipinski definition) is 2. The van der Waals surface area contributed by atoms with Gasteiger partial charge in [0.15, 0.2) is 0 Å². The number of unbranched alkanes of at least 4 members (excludes halogenated alkanes) is 1. The fourth-order valence-corrected chi connectivity index (χ4v) is 2.09. The lowest BCUT2D eigenvalue weighted by Crippen LogP contribution is -2.23. The van der Waals surface area contributed by atoms with E-state index in [2.05, 4.69) is 29.7 Å². The Morgan fingerprint density at radius 3 is 2.77 bits per heavy atom. The van der Waals surface area contributed by atoms with Crippen LogP contribution in [0.15, 0.2) is 12.8 Å². The number of carbonyl (C=O) groups excluding carboxylic acids is 1. The van der Waals surface area contributed by atoms with Crippen LogP contribution >= 0.6 is 0 Å². The van der Waals surface area contributed by atoms with Crippen LogP contribution in [0.2, 0.25) is 19.1 Å². The highest BCUT2D eigenvalue weighted by molar-refractivity contribution is 6.55. The predicted molar refractivity (Wildman–Crippen MR) is 57.6 cm³/mol. The van der Waals surface area contributed by atoms with Crippen LogP contribution < -0.4 is 5.32 Å². The SMILES string of the molecule is C=COC(=O)NCCCC[SiH](C)C. The molecule has 1 amide bonds. The minimum Gasteiger partial charge on any atom is -0.419 e. The van der Waals surface area contributed by atoms with Gasteiger partial charge < -0.3 is 10.1 Å². The summed E-state index contributed by atoms with van der Waals surface area (Å²) < 4.78 is 4.49. The summed E-state index contributed by atoms with van der Waals surface area (Å²) in [5, 5.41) is 2.64. The summed E-state index contributed by atoms with van der Waals surface area (Å²) in [4.78, 5) is 10.7. The fourth-order valence-electron chi connectivity index (χ4n) is 0.985. The third-order valence-electron chi connectivity index (χ3n) is 1.67. The first kappa shape index (κ1) is 12.2. The monoisotopic (exact) mass is 201 g/mol. The molecule has 0 saturated heterocycles. The number of amides is 1. The molecule has 0 radical (unpaired) electrons. The van der Waals surface area contributed by atoms with Gasteiger partial charge in [0.25, 0.3) is 0 Å². The quantitative estimate of drug-likeness (QED) is 0.406. The Balaban J connectivity index is 3.16. The zero-order valence-electron chi connectivity index (χ0n) is 8.51. The Morgan fingerprint density at radius 2 is 2.23 bits per heavy atom. The summed E-state index contributed by atoms with van der Waals surface area (Å²) in [6.45, 7) is 8.66. The van der Waals surface area contributed by atoms with E-state index in [1.807, 2.05) is 0 Å². The van der Waals surface area contributed by atoms with Gasteiger partial charge >= 0.3 is 6.09 Å². The fraction of sp³-hybridized carbons (Fsp3) is 0.667. The van der Waals surface area contributed by atoms with Crippen LogP contribution in [0.3, 0.4) is 0 Å². The first-order valence-corrected chi connectivity index (χ1v) is 7.84. The Labute approximate surface area is 81.8 Å². The second kappa shape index (κ2) is 7.85. The molecule has 76 valence electrons. The van der Waals surface area contributed by atoms with Crippen molar-refractivity contribution >= 4 is 14.9 Å². The summed E-state index contributed by atoms with van der Waals surface area (Å²) in [6, 6.07) is 1.35. The molecule has 0 aromatic heterocycles. The molecular formula is C9H19NO2Si. The van der Waals surface area contributed by atoms with Crippen LogP contribution in [0.5, 0.6) is 0 Å². The maximum Gasteiger partial charge on any atom is 0.411 e. The molecule has 0 rings (SSSR count).